The van der Waals surface area contributed by atoms with Gasteiger partial charge in [-0.2, -0.15) is 0 Å². The summed E-state index contributed by atoms with van der Waals surface area (Å²) in [6.45, 7) is 2.65. The van der Waals surface area contributed by atoms with Gasteiger partial charge in [0.25, 0.3) is 0 Å². The lowest BCUT2D eigenvalue weighted by Gasteiger charge is -2.12. The molecular formula is C20H22O4. The van der Waals surface area contributed by atoms with Crippen molar-refractivity contribution in [2.75, 3.05) is 13.2 Å². The molecule has 0 heterocycles. The highest BCUT2D eigenvalue weighted by Gasteiger charge is 2.17. The van der Waals surface area contributed by atoms with Crippen LogP contribution in [0.3, 0.4) is 0 Å². The van der Waals surface area contributed by atoms with Crippen molar-refractivity contribution >= 4 is 12.0 Å². The minimum Gasteiger partial charge on any atom is -0.490 e. The second kappa shape index (κ2) is 9.53. The van der Waals surface area contributed by atoms with Gasteiger partial charge < -0.3 is 14.6 Å². The molecule has 4 nitrogen and oxygen atoms in total. The number of carboxylic acids is 1. The second-order valence-corrected chi connectivity index (χ2v) is 5.25. The summed E-state index contributed by atoms with van der Waals surface area (Å²) in [5.74, 6) is -0.192. The summed E-state index contributed by atoms with van der Waals surface area (Å²) < 4.78 is 10.9. The summed E-state index contributed by atoms with van der Waals surface area (Å²) >= 11 is 0. The monoisotopic (exact) mass is 326 g/mol. The number of benzene rings is 2. The first kappa shape index (κ1) is 17.8. The van der Waals surface area contributed by atoms with Gasteiger partial charge in [0.05, 0.1) is 0 Å². The van der Waals surface area contributed by atoms with Crippen LogP contribution in [0.5, 0.6) is 5.75 Å². The Balaban J connectivity index is 1.83. The Labute approximate surface area is 142 Å². The van der Waals surface area contributed by atoms with E-state index >= 15 is 0 Å². The quantitative estimate of drug-likeness (QED) is 0.761. The van der Waals surface area contributed by atoms with Crippen LogP contribution >= 0.6 is 0 Å². The Morgan fingerprint density at radius 3 is 2.46 bits per heavy atom. The van der Waals surface area contributed by atoms with E-state index in [1.54, 1.807) is 6.92 Å². The lowest BCUT2D eigenvalue weighted by atomic mass is 10.1. The van der Waals surface area contributed by atoms with Gasteiger partial charge in [0, 0.05) is 13.0 Å². The Hall–Kier alpha value is -2.59. The third-order valence-corrected chi connectivity index (χ3v) is 3.44. The number of hydrogen-bond donors (Lipinski definition) is 1. The molecule has 0 radical (unpaired) electrons. The van der Waals surface area contributed by atoms with Crippen LogP contribution in [0, 0.1) is 0 Å². The normalized spacial score (nSPS) is 12.2. The number of rotatable bonds is 9. The first-order valence-corrected chi connectivity index (χ1v) is 7.96. The maximum Gasteiger partial charge on any atom is 0.333 e. The van der Waals surface area contributed by atoms with Crippen molar-refractivity contribution in [2.24, 2.45) is 0 Å². The molecule has 0 aliphatic carbocycles. The molecule has 2 aromatic carbocycles. The highest BCUT2D eigenvalue weighted by molar-refractivity contribution is 5.72. The summed E-state index contributed by atoms with van der Waals surface area (Å²) in [6.07, 6.45) is 3.50. The first-order valence-electron chi connectivity index (χ1n) is 7.96. The molecule has 0 aromatic heterocycles. The molecule has 0 aliphatic rings. The van der Waals surface area contributed by atoms with E-state index in [0.29, 0.717) is 19.6 Å². The molecular weight excluding hydrogens is 304 g/mol. The summed E-state index contributed by atoms with van der Waals surface area (Å²) in [4.78, 5) is 11.1. The van der Waals surface area contributed by atoms with E-state index in [4.69, 9.17) is 14.6 Å². The molecule has 0 unspecified atom stereocenters. The first-order chi connectivity index (χ1) is 11.7. The van der Waals surface area contributed by atoms with Gasteiger partial charge in [0.1, 0.15) is 12.4 Å². The zero-order valence-electron chi connectivity index (χ0n) is 13.7. The molecule has 0 spiro atoms. The standard InChI is InChI=1S/C20H22O4/c1-2-23-19(20(21)22)15-17-10-12-18(13-11-17)24-14-6-9-16-7-4-3-5-8-16/h3-13,19H,2,14-15H2,1H3,(H,21,22)/b9-6+/t19-/m0/s1. The fourth-order valence-corrected chi connectivity index (χ4v) is 2.25. The number of carbonyl (C=O) groups is 1. The molecule has 126 valence electrons. The molecule has 2 aromatic rings. The second-order valence-electron chi connectivity index (χ2n) is 5.25. The third kappa shape index (κ3) is 5.89. The Bertz CT molecular complexity index is 647. The van der Waals surface area contributed by atoms with Crippen molar-refractivity contribution in [3.05, 3.63) is 71.8 Å². The van der Waals surface area contributed by atoms with E-state index in [1.807, 2.05) is 66.7 Å². The summed E-state index contributed by atoms with van der Waals surface area (Å²) in [5, 5.41) is 9.10. The summed E-state index contributed by atoms with van der Waals surface area (Å²) in [6, 6.07) is 17.4. The molecule has 0 bridgehead atoms. The van der Waals surface area contributed by atoms with Crippen molar-refractivity contribution in [3.63, 3.8) is 0 Å². The average Bonchev–Trinajstić information content (AvgIpc) is 2.60. The fraction of sp³-hybridized carbons (Fsp3) is 0.250. The van der Waals surface area contributed by atoms with Crippen LogP contribution in [-0.4, -0.2) is 30.4 Å². The minimum absolute atomic E-state index is 0.345. The third-order valence-electron chi connectivity index (χ3n) is 3.44. The smallest absolute Gasteiger partial charge is 0.333 e. The highest BCUT2D eigenvalue weighted by atomic mass is 16.5. The van der Waals surface area contributed by atoms with Gasteiger partial charge in [-0.25, -0.2) is 4.79 Å². The average molecular weight is 326 g/mol. The van der Waals surface area contributed by atoms with Gasteiger partial charge in [0.15, 0.2) is 6.10 Å². The van der Waals surface area contributed by atoms with E-state index in [0.717, 1.165) is 16.9 Å². The van der Waals surface area contributed by atoms with Crippen LogP contribution in [0.15, 0.2) is 60.7 Å². The Kier molecular flexibility index (Phi) is 7.05. The highest BCUT2D eigenvalue weighted by Crippen LogP contribution is 2.15. The molecule has 0 saturated heterocycles. The van der Waals surface area contributed by atoms with E-state index in [2.05, 4.69) is 0 Å². The van der Waals surface area contributed by atoms with E-state index in [-0.39, 0.29) is 0 Å². The molecule has 1 N–H and O–H groups in total. The predicted molar refractivity (Wildman–Crippen MR) is 94.2 cm³/mol. The van der Waals surface area contributed by atoms with E-state index < -0.39 is 12.1 Å². The van der Waals surface area contributed by atoms with Crippen LogP contribution in [0.25, 0.3) is 6.08 Å². The maximum absolute atomic E-state index is 11.1. The summed E-state index contributed by atoms with van der Waals surface area (Å²) in [5.41, 5.74) is 2.04. The van der Waals surface area contributed by atoms with E-state index in [1.165, 1.54) is 0 Å². The minimum atomic E-state index is -0.941. The molecule has 1 atom stereocenters. The van der Waals surface area contributed by atoms with Crippen molar-refractivity contribution in [3.8, 4) is 5.75 Å². The van der Waals surface area contributed by atoms with Gasteiger partial charge in [-0.05, 0) is 36.3 Å². The molecule has 4 heteroatoms. The number of ether oxygens (including phenoxy) is 2. The molecule has 0 aliphatic heterocycles. The number of hydrogen-bond acceptors (Lipinski definition) is 3. The van der Waals surface area contributed by atoms with Crippen LogP contribution in [0.1, 0.15) is 18.1 Å². The van der Waals surface area contributed by atoms with Crippen molar-refractivity contribution < 1.29 is 19.4 Å². The lowest BCUT2D eigenvalue weighted by molar-refractivity contribution is -0.149. The van der Waals surface area contributed by atoms with Gasteiger partial charge in [-0.3, -0.25) is 0 Å². The zero-order chi connectivity index (χ0) is 17.2. The maximum atomic E-state index is 11.1. The number of carboxylic acid groups (broad SMARTS) is 1. The lowest BCUT2D eigenvalue weighted by Crippen LogP contribution is -2.26. The Morgan fingerprint density at radius 1 is 1.12 bits per heavy atom. The molecule has 2 rings (SSSR count). The van der Waals surface area contributed by atoms with E-state index in [9.17, 15) is 4.79 Å². The Morgan fingerprint density at radius 2 is 1.83 bits per heavy atom. The van der Waals surface area contributed by atoms with Gasteiger partial charge in [-0.1, -0.05) is 48.5 Å². The molecule has 0 amide bonds. The largest absolute Gasteiger partial charge is 0.490 e. The summed E-state index contributed by atoms with van der Waals surface area (Å²) in [7, 11) is 0. The fourth-order valence-electron chi connectivity index (χ4n) is 2.25. The molecule has 0 saturated carbocycles. The predicted octanol–water partition coefficient (Wildman–Crippen LogP) is 3.81. The van der Waals surface area contributed by atoms with Crippen molar-refractivity contribution in [2.45, 2.75) is 19.4 Å². The van der Waals surface area contributed by atoms with Crippen LogP contribution in [-0.2, 0) is 16.0 Å². The SMILES string of the molecule is CCO[C@@H](Cc1ccc(OC/C=C/c2ccccc2)cc1)C(=O)O. The van der Waals surface area contributed by atoms with Crippen molar-refractivity contribution in [1.82, 2.24) is 0 Å². The zero-order valence-corrected chi connectivity index (χ0v) is 13.7. The van der Waals surface area contributed by atoms with Crippen molar-refractivity contribution in [1.29, 1.82) is 0 Å². The van der Waals surface area contributed by atoms with Crippen LogP contribution in [0.4, 0.5) is 0 Å². The van der Waals surface area contributed by atoms with Gasteiger partial charge in [-0.15, -0.1) is 0 Å². The topological polar surface area (TPSA) is 55.8 Å². The van der Waals surface area contributed by atoms with Crippen LogP contribution in [0.2, 0.25) is 0 Å². The molecule has 24 heavy (non-hydrogen) atoms. The van der Waals surface area contributed by atoms with Gasteiger partial charge in [0.2, 0.25) is 0 Å². The van der Waals surface area contributed by atoms with Crippen LogP contribution < -0.4 is 4.74 Å². The number of aliphatic carboxylic acids is 1. The van der Waals surface area contributed by atoms with Gasteiger partial charge >= 0.3 is 5.97 Å². The molecule has 0 fully saturated rings.